The first-order chi connectivity index (χ1) is 13.4. The summed E-state index contributed by atoms with van der Waals surface area (Å²) in [7, 11) is 1.63. The molecule has 0 aromatic heterocycles. The monoisotopic (exact) mass is 392 g/mol. The molecule has 1 N–H and O–H groups in total. The van der Waals surface area contributed by atoms with Crippen LogP contribution in [0.2, 0.25) is 0 Å². The Balaban J connectivity index is 2.96. The summed E-state index contributed by atoms with van der Waals surface area (Å²) in [5.74, 6) is 0.375. The highest BCUT2D eigenvalue weighted by atomic mass is 16.5. The molecule has 158 valence electrons. The molecule has 0 aliphatic carbocycles. The fraction of sp³-hybridized carbons (Fsp3) is 0.636. The lowest BCUT2D eigenvalue weighted by atomic mass is 10.00. The predicted octanol–water partition coefficient (Wildman–Crippen LogP) is 3.50. The molecular weight excluding hydrogens is 356 g/mol. The Labute approximate surface area is 169 Å². The summed E-state index contributed by atoms with van der Waals surface area (Å²) in [6, 6.07) is 6.50. The third-order valence-electron chi connectivity index (χ3n) is 4.85. The number of methoxy groups -OCH3 is 1. The van der Waals surface area contributed by atoms with E-state index >= 15 is 0 Å². The van der Waals surface area contributed by atoms with Crippen LogP contribution in [0.5, 0.6) is 5.75 Å². The highest BCUT2D eigenvalue weighted by Gasteiger charge is 2.31. The highest BCUT2D eigenvalue weighted by Crippen LogP contribution is 2.16. The van der Waals surface area contributed by atoms with E-state index in [2.05, 4.69) is 19.2 Å². The standard InChI is InChI=1S/C22H36N2O4/c1-7-18(8-2)24(14-15-27-6)22(26)20(16(4)5)23-21(25)17-10-12-19(13-11-17)28-9-3/h10-13,16,18,20H,7-9,14-15H2,1-6H3,(H,23,25). The summed E-state index contributed by atoms with van der Waals surface area (Å²) in [6.07, 6.45) is 1.73. The molecule has 1 rings (SSSR count). The summed E-state index contributed by atoms with van der Waals surface area (Å²) < 4.78 is 10.6. The van der Waals surface area contributed by atoms with Crippen LogP contribution in [0.3, 0.4) is 0 Å². The minimum Gasteiger partial charge on any atom is -0.494 e. The van der Waals surface area contributed by atoms with E-state index in [1.165, 1.54) is 0 Å². The molecule has 0 saturated heterocycles. The number of nitrogens with zero attached hydrogens (tertiary/aromatic N) is 1. The molecule has 1 aromatic rings. The van der Waals surface area contributed by atoms with Crippen LogP contribution in [0.25, 0.3) is 0 Å². The number of hydrogen-bond donors (Lipinski definition) is 1. The Bertz CT molecular complexity index is 597. The van der Waals surface area contributed by atoms with Gasteiger partial charge in [0, 0.05) is 25.3 Å². The smallest absolute Gasteiger partial charge is 0.251 e. The first-order valence-electron chi connectivity index (χ1n) is 10.2. The largest absolute Gasteiger partial charge is 0.494 e. The van der Waals surface area contributed by atoms with Gasteiger partial charge in [-0.2, -0.15) is 0 Å². The lowest BCUT2D eigenvalue weighted by molar-refractivity contribution is -0.137. The molecule has 0 aliphatic heterocycles. The van der Waals surface area contributed by atoms with Crippen LogP contribution in [-0.2, 0) is 9.53 Å². The van der Waals surface area contributed by atoms with E-state index in [0.717, 1.165) is 18.6 Å². The van der Waals surface area contributed by atoms with Gasteiger partial charge in [0.25, 0.3) is 5.91 Å². The van der Waals surface area contributed by atoms with Crippen LogP contribution in [-0.4, -0.2) is 55.7 Å². The van der Waals surface area contributed by atoms with Crippen molar-refractivity contribution in [3.8, 4) is 5.75 Å². The second-order valence-corrected chi connectivity index (χ2v) is 7.15. The van der Waals surface area contributed by atoms with Gasteiger partial charge in [-0.15, -0.1) is 0 Å². The van der Waals surface area contributed by atoms with E-state index in [1.807, 2.05) is 25.7 Å². The average Bonchev–Trinajstić information content (AvgIpc) is 2.69. The summed E-state index contributed by atoms with van der Waals surface area (Å²) in [4.78, 5) is 27.9. The average molecular weight is 393 g/mol. The van der Waals surface area contributed by atoms with Crippen LogP contribution in [0.1, 0.15) is 57.8 Å². The van der Waals surface area contributed by atoms with E-state index in [-0.39, 0.29) is 23.8 Å². The van der Waals surface area contributed by atoms with E-state index in [1.54, 1.807) is 31.4 Å². The lowest BCUT2D eigenvalue weighted by Crippen LogP contribution is -2.54. The number of nitrogens with one attached hydrogen (secondary N) is 1. The molecule has 1 atom stereocenters. The van der Waals surface area contributed by atoms with Crippen molar-refractivity contribution in [3.63, 3.8) is 0 Å². The maximum absolute atomic E-state index is 13.3. The van der Waals surface area contributed by atoms with Crippen LogP contribution in [0.15, 0.2) is 24.3 Å². The molecule has 0 saturated carbocycles. The normalized spacial score (nSPS) is 12.1. The SMILES string of the molecule is CCOc1ccc(C(=O)NC(C(=O)N(CCOC)C(CC)CC)C(C)C)cc1. The van der Waals surface area contributed by atoms with Crippen molar-refractivity contribution in [1.29, 1.82) is 0 Å². The van der Waals surface area contributed by atoms with Crippen LogP contribution >= 0.6 is 0 Å². The van der Waals surface area contributed by atoms with Gasteiger partial charge in [0.15, 0.2) is 0 Å². The zero-order chi connectivity index (χ0) is 21.1. The molecule has 28 heavy (non-hydrogen) atoms. The highest BCUT2D eigenvalue weighted by molar-refractivity contribution is 5.97. The predicted molar refractivity (Wildman–Crippen MR) is 112 cm³/mol. The molecule has 0 bridgehead atoms. The van der Waals surface area contributed by atoms with E-state index < -0.39 is 6.04 Å². The molecule has 2 amide bonds. The Kier molecular flexibility index (Phi) is 10.6. The van der Waals surface area contributed by atoms with Crippen molar-refractivity contribution in [2.75, 3.05) is 26.9 Å². The van der Waals surface area contributed by atoms with E-state index in [0.29, 0.717) is 25.3 Å². The minimum absolute atomic E-state index is 0.0291. The van der Waals surface area contributed by atoms with Gasteiger partial charge in [0.2, 0.25) is 5.91 Å². The Morgan fingerprint density at radius 1 is 1.07 bits per heavy atom. The van der Waals surface area contributed by atoms with Gasteiger partial charge < -0.3 is 19.7 Å². The second-order valence-electron chi connectivity index (χ2n) is 7.15. The Hall–Kier alpha value is -2.08. The molecule has 0 heterocycles. The van der Waals surface area contributed by atoms with Crippen LogP contribution in [0.4, 0.5) is 0 Å². The van der Waals surface area contributed by atoms with Gasteiger partial charge in [-0.05, 0) is 49.9 Å². The number of benzene rings is 1. The first kappa shape index (κ1) is 24.0. The molecule has 0 radical (unpaired) electrons. The van der Waals surface area contributed by atoms with Crippen molar-refractivity contribution >= 4 is 11.8 Å². The number of carbonyl (C=O) groups is 2. The third-order valence-corrected chi connectivity index (χ3v) is 4.85. The fourth-order valence-corrected chi connectivity index (χ4v) is 3.18. The maximum Gasteiger partial charge on any atom is 0.251 e. The summed E-state index contributed by atoms with van der Waals surface area (Å²) in [5, 5.41) is 2.93. The maximum atomic E-state index is 13.3. The Morgan fingerprint density at radius 2 is 1.68 bits per heavy atom. The van der Waals surface area contributed by atoms with Gasteiger partial charge in [0.05, 0.1) is 13.2 Å². The number of rotatable bonds is 12. The Morgan fingerprint density at radius 3 is 2.14 bits per heavy atom. The van der Waals surface area contributed by atoms with Crippen molar-refractivity contribution < 1.29 is 19.1 Å². The zero-order valence-corrected chi connectivity index (χ0v) is 18.2. The topological polar surface area (TPSA) is 67.9 Å². The van der Waals surface area contributed by atoms with Crippen molar-refractivity contribution in [2.45, 2.75) is 59.5 Å². The lowest BCUT2D eigenvalue weighted by Gasteiger charge is -2.35. The third kappa shape index (κ3) is 6.82. The van der Waals surface area contributed by atoms with Crippen molar-refractivity contribution in [3.05, 3.63) is 29.8 Å². The quantitative estimate of drug-likeness (QED) is 0.591. The van der Waals surface area contributed by atoms with Gasteiger partial charge in [-0.1, -0.05) is 27.7 Å². The summed E-state index contributed by atoms with van der Waals surface area (Å²) in [5.41, 5.74) is 0.507. The minimum atomic E-state index is -0.587. The summed E-state index contributed by atoms with van der Waals surface area (Å²) in [6.45, 7) is 11.5. The molecule has 6 nitrogen and oxygen atoms in total. The second kappa shape index (κ2) is 12.4. The molecule has 1 aromatic carbocycles. The molecule has 6 heteroatoms. The molecule has 0 aliphatic rings. The fourth-order valence-electron chi connectivity index (χ4n) is 3.18. The number of carbonyl (C=O) groups excluding carboxylic acids is 2. The van der Waals surface area contributed by atoms with Gasteiger partial charge in [-0.25, -0.2) is 0 Å². The van der Waals surface area contributed by atoms with Gasteiger partial charge in [0.1, 0.15) is 11.8 Å². The summed E-state index contributed by atoms with van der Waals surface area (Å²) >= 11 is 0. The number of ether oxygens (including phenoxy) is 2. The number of amides is 2. The molecule has 0 spiro atoms. The molecule has 1 unspecified atom stereocenters. The molecule has 0 fully saturated rings. The van der Waals surface area contributed by atoms with E-state index in [9.17, 15) is 9.59 Å². The van der Waals surface area contributed by atoms with Crippen LogP contribution < -0.4 is 10.1 Å². The van der Waals surface area contributed by atoms with Crippen molar-refractivity contribution in [2.24, 2.45) is 5.92 Å². The van der Waals surface area contributed by atoms with Crippen LogP contribution in [0, 0.1) is 5.92 Å². The van der Waals surface area contributed by atoms with Gasteiger partial charge >= 0.3 is 0 Å². The van der Waals surface area contributed by atoms with Crippen molar-refractivity contribution in [1.82, 2.24) is 10.2 Å². The van der Waals surface area contributed by atoms with E-state index in [4.69, 9.17) is 9.47 Å². The van der Waals surface area contributed by atoms with Gasteiger partial charge in [-0.3, -0.25) is 9.59 Å². The number of hydrogen-bond acceptors (Lipinski definition) is 4. The zero-order valence-electron chi connectivity index (χ0n) is 18.2. The molecular formula is C22H36N2O4. The first-order valence-corrected chi connectivity index (χ1v) is 10.2.